The maximum Gasteiger partial charge on any atom is 0.312 e. The van der Waals surface area contributed by atoms with Crippen LogP contribution in [0.1, 0.15) is 25.3 Å². The summed E-state index contributed by atoms with van der Waals surface area (Å²) >= 11 is 0. The average Bonchev–Trinajstić information content (AvgIpc) is 3.23. The lowest BCUT2D eigenvalue weighted by Crippen LogP contribution is -2.40. The van der Waals surface area contributed by atoms with Gasteiger partial charge in [-0.25, -0.2) is 0 Å². The number of amides is 1. The summed E-state index contributed by atoms with van der Waals surface area (Å²) in [5.74, 6) is -1.38. The van der Waals surface area contributed by atoms with Crippen molar-refractivity contribution in [1.29, 1.82) is 0 Å². The van der Waals surface area contributed by atoms with E-state index < -0.39 is 17.4 Å². The third kappa shape index (κ3) is 2.49. The number of benzene rings is 1. The van der Waals surface area contributed by atoms with Crippen molar-refractivity contribution in [3.8, 4) is 0 Å². The summed E-state index contributed by atoms with van der Waals surface area (Å²) in [5.41, 5.74) is 1.25. The van der Waals surface area contributed by atoms with Gasteiger partial charge in [-0.3, -0.25) is 9.59 Å². The van der Waals surface area contributed by atoms with E-state index in [1.54, 1.807) is 4.90 Å². The number of hydrogen-bond acceptors (Lipinski definition) is 4. The molecule has 4 rings (SSSR count). The minimum Gasteiger partial charge on any atom is -0.465 e. The molecule has 0 radical (unpaired) electrons. The summed E-state index contributed by atoms with van der Waals surface area (Å²) in [6, 6.07) is 7.85. The first kappa shape index (κ1) is 16.3. The Kier molecular flexibility index (Phi) is 3.91. The summed E-state index contributed by atoms with van der Waals surface area (Å²) in [4.78, 5) is 27.5. The van der Waals surface area contributed by atoms with Crippen LogP contribution in [0.15, 0.2) is 36.4 Å². The molecular weight excluding hydrogens is 318 g/mol. The van der Waals surface area contributed by atoms with E-state index in [1.807, 2.05) is 50.3 Å². The van der Waals surface area contributed by atoms with Gasteiger partial charge < -0.3 is 14.4 Å². The topological polar surface area (TPSA) is 55.8 Å². The highest BCUT2D eigenvalue weighted by Crippen LogP contribution is 2.52. The van der Waals surface area contributed by atoms with E-state index in [0.29, 0.717) is 13.2 Å². The van der Waals surface area contributed by atoms with Crippen molar-refractivity contribution in [2.24, 2.45) is 11.8 Å². The van der Waals surface area contributed by atoms with Gasteiger partial charge in [0, 0.05) is 5.69 Å². The molecule has 3 aliphatic rings. The summed E-state index contributed by atoms with van der Waals surface area (Å²) in [6.07, 6.45) is 5.33. The number of ether oxygens (including phenoxy) is 2. The van der Waals surface area contributed by atoms with E-state index in [0.717, 1.165) is 24.1 Å². The molecule has 2 bridgehead atoms. The molecule has 0 N–H and O–H groups in total. The predicted molar refractivity (Wildman–Crippen MR) is 93.1 cm³/mol. The minimum absolute atomic E-state index is 0.0464. The normalized spacial score (nSPS) is 32.3. The maximum atomic E-state index is 13.1. The van der Waals surface area contributed by atoms with Gasteiger partial charge in [0.15, 0.2) is 0 Å². The monoisotopic (exact) mass is 341 g/mol. The zero-order valence-electron chi connectivity index (χ0n) is 14.6. The molecule has 1 aromatic carbocycles. The van der Waals surface area contributed by atoms with Gasteiger partial charge in [-0.05, 0) is 31.0 Å². The molecule has 3 aliphatic heterocycles. The second kappa shape index (κ2) is 5.99. The van der Waals surface area contributed by atoms with Crippen LogP contribution in [0.2, 0.25) is 0 Å². The number of fused-ring (bicyclic) bond motifs is 1. The Balaban J connectivity index is 1.60. The lowest BCUT2D eigenvalue weighted by Gasteiger charge is -2.22. The summed E-state index contributed by atoms with van der Waals surface area (Å²) < 4.78 is 11.5. The van der Waals surface area contributed by atoms with E-state index in [1.165, 1.54) is 0 Å². The number of nitrogens with zero attached hydrogens (tertiary/aromatic N) is 1. The number of carbonyl (C=O) groups is 2. The minimum atomic E-state index is -0.695. The second-order valence-electron chi connectivity index (χ2n) is 7.18. The maximum absolute atomic E-state index is 13.1. The fraction of sp³-hybridized carbons (Fsp3) is 0.500. The van der Waals surface area contributed by atoms with Gasteiger partial charge in [0.25, 0.3) is 0 Å². The van der Waals surface area contributed by atoms with Crippen molar-refractivity contribution < 1.29 is 19.1 Å². The molecule has 1 amide bonds. The van der Waals surface area contributed by atoms with Crippen LogP contribution < -0.4 is 4.90 Å². The van der Waals surface area contributed by atoms with Crippen molar-refractivity contribution in [3.63, 3.8) is 0 Å². The second-order valence-corrected chi connectivity index (χ2v) is 7.18. The van der Waals surface area contributed by atoms with Gasteiger partial charge in [-0.15, -0.1) is 0 Å². The van der Waals surface area contributed by atoms with Gasteiger partial charge in [-0.2, -0.15) is 0 Å². The first-order valence-corrected chi connectivity index (χ1v) is 8.97. The Morgan fingerprint density at radius 1 is 1.44 bits per heavy atom. The highest BCUT2D eigenvalue weighted by Gasteiger charge is 2.67. The molecule has 2 saturated heterocycles. The van der Waals surface area contributed by atoms with Crippen LogP contribution in [0.3, 0.4) is 0 Å². The molecule has 5 heteroatoms. The van der Waals surface area contributed by atoms with Crippen LogP contribution in [-0.2, 0) is 19.1 Å². The Morgan fingerprint density at radius 3 is 3.04 bits per heavy atom. The van der Waals surface area contributed by atoms with E-state index in [4.69, 9.17) is 9.47 Å². The number of unbranched alkanes of at least 4 members (excludes halogenated alkanes) is 1. The van der Waals surface area contributed by atoms with Crippen molar-refractivity contribution in [2.45, 2.75) is 38.4 Å². The Hall–Kier alpha value is -2.14. The van der Waals surface area contributed by atoms with Crippen LogP contribution >= 0.6 is 0 Å². The molecule has 0 saturated carbocycles. The number of anilines is 1. The van der Waals surface area contributed by atoms with Crippen LogP contribution in [0.5, 0.6) is 0 Å². The molecule has 3 heterocycles. The molecule has 132 valence electrons. The van der Waals surface area contributed by atoms with E-state index in [2.05, 4.69) is 0 Å². The molecular formula is C20H23NO4. The molecule has 1 aromatic rings. The standard InChI is InChI=1S/C20H23NO4/c1-3-4-10-24-19(23)16-15-8-9-20(25-15)12-21(18(22)17(16)20)14-7-5-6-13(2)11-14/h5-9,11,15-17H,3-4,10,12H2,1-2H3/t15-,16?,17+,20-/m1/s1. The van der Waals surface area contributed by atoms with Crippen LogP contribution in [0, 0.1) is 18.8 Å². The summed E-state index contributed by atoms with van der Waals surface area (Å²) in [7, 11) is 0. The highest BCUT2D eigenvalue weighted by molar-refractivity contribution is 6.02. The zero-order valence-corrected chi connectivity index (χ0v) is 14.6. The van der Waals surface area contributed by atoms with E-state index in [9.17, 15) is 9.59 Å². The van der Waals surface area contributed by atoms with Crippen molar-refractivity contribution in [2.75, 3.05) is 18.1 Å². The first-order valence-electron chi connectivity index (χ1n) is 8.97. The van der Waals surface area contributed by atoms with Gasteiger partial charge in [0.1, 0.15) is 11.5 Å². The van der Waals surface area contributed by atoms with Crippen molar-refractivity contribution in [1.82, 2.24) is 0 Å². The molecule has 2 fully saturated rings. The third-order valence-electron chi connectivity index (χ3n) is 5.43. The Morgan fingerprint density at radius 2 is 2.28 bits per heavy atom. The number of esters is 1. The Bertz CT molecular complexity index is 743. The molecule has 1 spiro atoms. The molecule has 5 nitrogen and oxygen atoms in total. The molecule has 25 heavy (non-hydrogen) atoms. The Labute approximate surface area is 147 Å². The summed E-state index contributed by atoms with van der Waals surface area (Å²) in [6.45, 7) is 4.90. The number of rotatable bonds is 5. The number of carbonyl (C=O) groups excluding carboxylic acids is 2. The number of aryl methyl sites for hydroxylation is 1. The van der Waals surface area contributed by atoms with E-state index >= 15 is 0 Å². The third-order valence-corrected chi connectivity index (χ3v) is 5.43. The van der Waals surface area contributed by atoms with Crippen molar-refractivity contribution in [3.05, 3.63) is 42.0 Å². The van der Waals surface area contributed by atoms with Gasteiger partial charge in [0.2, 0.25) is 5.91 Å². The molecule has 0 aromatic heterocycles. The zero-order chi connectivity index (χ0) is 17.6. The first-order chi connectivity index (χ1) is 12.1. The number of hydrogen-bond donors (Lipinski definition) is 0. The fourth-order valence-corrected chi connectivity index (χ4v) is 4.20. The lowest BCUT2D eigenvalue weighted by atomic mass is 9.77. The van der Waals surface area contributed by atoms with Gasteiger partial charge in [-0.1, -0.05) is 37.6 Å². The average molecular weight is 341 g/mol. The molecule has 4 atom stereocenters. The predicted octanol–water partition coefficient (Wildman–Crippen LogP) is 2.62. The van der Waals surface area contributed by atoms with Gasteiger partial charge >= 0.3 is 5.97 Å². The molecule has 0 aliphatic carbocycles. The van der Waals surface area contributed by atoms with Crippen LogP contribution in [0.25, 0.3) is 0 Å². The quantitative estimate of drug-likeness (QED) is 0.469. The van der Waals surface area contributed by atoms with Crippen molar-refractivity contribution >= 4 is 17.6 Å². The fourth-order valence-electron chi connectivity index (χ4n) is 4.20. The van der Waals surface area contributed by atoms with E-state index in [-0.39, 0.29) is 18.0 Å². The molecule has 1 unspecified atom stereocenters. The lowest BCUT2D eigenvalue weighted by molar-refractivity contribution is -0.152. The van der Waals surface area contributed by atoms with Crippen LogP contribution in [0.4, 0.5) is 5.69 Å². The summed E-state index contributed by atoms with van der Waals surface area (Å²) in [5, 5.41) is 0. The largest absolute Gasteiger partial charge is 0.465 e. The SMILES string of the molecule is CCCCOC(=O)C1[C@H]2C(=O)N(c3cccc(C)c3)C[C@]23C=C[C@H]1O3. The van der Waals surface area contributed by atoms with Gasteiger partial charge in [0.05, 0.1) is 25.2 Å². The highest BCUT2D eigenvalue weighted by atomic mass is 16.6. The van der Waals surface area contributed by atoms with Crippen LogP contribution in [-0.4, -0.2) is 36.7 Å². The smallest absolute Gasteiger partial charge is 0.312 e.